The van der Waals surface area contributed by atoms with Gasteiger partial charge in [-0.2, -0.15) is 13.2 Å². The zero-order valence-corrected chi connectivity index (χ0v) is 13.6. The fourth-order valence-electron chi connectivity index (χ4n) is 2.56. The van der Waals surface area contributed by atoms with Gasteiger partial charge in [-0.25, -0.2) is 0 Å². The van der Waals surface area contributed by atoms with Crippen molar-refractivity contribution in [1.29, 1.82) is 0 Å². The Bertz CT molecular complexity index is 254. The smallest absolute Gasteiger partial charge is 0.316 e. The van der Waals surface area contributed by atoms with E-state index >= 15 is 0 Å². The Hall–Kier alpha value is -0.290. The van der Waals surface area contributed by atoms with E-state index in [2.05, 4.69) is 33.0 Å². The monoisotopic (exact) mass is 296 g/mol. The van der Waals surface area contributed by atoms with E-state index in [0.717, 1.165) is 25.9 Å². The van der Waals surface area contributed by atoms with Crippen LogP contribution in [0.15, 0.2) is 0 Å². The largest absolute Gasteiger partial charge is 0.401 e. The van der Waals surface area contributed by atoms with Gasteiger partial charge in [0, 0.05) is 13.1 Å². The molecule has 0 aliphatic heterocycles. The maximum Gasteiger partial charge on any atom is 0.401 e. The summed E-state index contributed by atoms with van der Waals surface area (Å²) in [5.41, 5.74) is -0.106. The van der Waals surface area contributed by atoms with Crippen LogP contribution in [0.5, 0.6) is 0 Å². The maximum atomic E-state index is 12.6. The highest BCUT2D eigenvalue weighted by atomic mass is 19.4. The number of hydrogen-bond acceptors (Lipinski definition) is 2. The third-order valence-electron chi connectivity index (χ3n) is 3.41. The summed E-state index contributed by atoms with van der Waals surface area (Å²) in [6.07, 6.45) is -2.19. The molecule has 0 radical (unpaired) electrons. The Balaban J connectivity index is 4.53. The molecule has 0 bridgehead atoms. The normalized spacial score (nSPS) is 15.9. The Labute approximate surface area is 122 Å². The molecule has 0 aliphatic rings. The molecule has 0 amide bonds. The van der Waals surface area contributed by atoms with E-state index in [1.165, 1.54) is 4.90 Å². The molecule has 2 nitrogen and oxygen atoms in total. The van der Waals surface area contributed by atoms with E-state index in [0.29, 0.717) is 19.0 Å². The van der Waals surface area contributed by atoms with Crippen molar-refractivity contribution in [1.82, 2.24) is 10.2 Å². The van der Waals surface area contributed by atoms with E-state index in [1.54, 1.807) is 6.92 Å². The molecule has 0 rings (SSSR count). The van der Waals surface area contributed by atoms with Crippen molar-refractivity contribution in [2.45, 2.75) is 53.6 Å². The third-order valence-corrected chi connectivity index (χ3v) is 3.41. The van der Waals surface area contributed by atoms with Gasteiger partial charge in [-0.05, 0) is 30.8 Å². The quantitative estimate of drug-likeness (QED) is 0.657. The van der Waals surface area contributed by atoms with Crippen LogP contribution in [0.25, 0.3) is 0 Å². The molecule has 122 valence electrons. The third kappa shape index (κ3) is 9.59. The second-order valence-electron chi connectivity index (χ2n) is 6.50. The molecular formula is C15H31F3N2. The van der Waals surface area contributed by atoms with Crippen LogP contribution in [0.3, 0.4) is 0 Å². The minimum absolute atomic E-state index is 0.106. The summed E-state index contributed by atoms with van der Waals surface area (Å²) >= 11 is 0. The molecule has 0 fully saturated rings. The fourth-order valence-corrected chi connectivity index (χ4v) is 2.56. The molecule has 5 heteroatoms. The highest BCUT2D eigenvalue weighted by Gasteiger charge is 2.33. The molecule has 0 aromatic carbocycles. The van der Waals surface area contributed by atoms with Crippen molar-refractivity contribution in [3.05, 3.63) is 0 Å². The van der Waals surface area contributed by atoms with Crippen molar-refractivity contribution in [3.63, 3.8) is 0 Å². The lowest BCUT2D eigenvalue weighted by molar-refractivity contribution is -0.148. The predicted octanol–water partition coefficient (Wildman–Crippen LogP) is 3.92. The van der Waals surface area contributed by atoms with Crippen LogP contribution >= 0.6 is 0 Å². The van der Waals surface area contributed by atoms with Gasteiger partial charge in [0.25, 0.3) is 0 Å². The summed E-state index contributed by atoms with van der Waals surface area (Å²) in [6.45, 7) is 12.0. The van der Waals surface area contributed by atoms with Gasteiger partial charge >= 0.3 is 6.18 Å². The molecule has 0 heterocycles. The number of halogens is 3. The number of rotatable bonds is 10. The van der Waals surface area contributed by atoms with Crippen LogP contribution in [0.4, 0.5) is 13.2 Å². The first-order valence-electron chi connectivity index (χ1n) is 7.61. The topological polar surface area (TPSA) is 15.3 Å². The van der Waals surface area contributed by atoms with E-state index in [-0.39, 0.29) is 5.41 Å². The fraction of sp³-hybridized carbons (Fsp3) is 1.00. The van der Waals surface area contributed by atoms with Crippen molar-refractivity contribution in [3.8, 4) is 0 Å². The molecule has 1 N–H and O–H groups in total. The average Bonchev–Trinajstić information content (AvgIpc) is 2.25. The molecule has 0 saturated carbocycles. The van der Waals surface area contributed by atoms with Crippen LogP contribution in [0.1, 0.15) is 47.5 Å². The Morgan fingerprint density at radius 2 is 1.70 bits per heavy atom. The van der Waals surface area contributed by atoms with E-state index in [4.69, 9.17) is 0 Å². The van der Waals surface area contributed by atoms with Gasteiger partial charge in [0.2, 0.25) is 0 Å². The van der Waals surface area contributed by atoms with Crippen molar-refractivity contribution in [2.75, 3.05) is 32.7 Å². The first kappa shape index (κ1) is 19.7. The van der Waals surface area contributed by atoms with Crippen LogP contribution in [-0.2, 0) is 0 Å². The Kier molecular flexibility index (Phi) is 8.75. The van der Waals surface area contributed by atoms with Crippen molar-refractivity contribution in [2.24, 2.45) is 11.3 Å². The van der Waals surface area contributed by atoms with Gasteiger partial charge in [0.05, 0.1) is 6.54 Å². The van der Waals surface area contributed by atoms with E-state index < -0.39 is 12.7 Å². The molecule has 0 spiro atoms. The maximum absolute atomic E-state index is 12.6. The summed E-state index contributed by atoms with van der Waals surface area (Å²) in [5.74, 6) is 0.554. The van der Waals surface area contributed by atoms with Crippen molar-refractivity contribution < 1.29 is 13.2 Å². The van der Waals surface area contributed by atoms with Gasteiger partial charge in [0.15, 0.2) is 0 Å². The summed E-state index contributed by atoms with van der Waals surface area (Å²) in [5, 5.41) is 3.39. The summed E-state index contributed by atoms with van der Waals surface area (Å²) in [4.78, 5) is 1.51. The van der Waals surface area contributed by atoms with Gasteiger partial charge in [-0.15, -0.1) is 0 Å². The van der Waals surface area contributed by atoms with Crippen LogP contribution in [-0.4, -0.2) is 43.8 Å². The first-order chi connectivity index (χ1) is 9.12. The summed E-state index contributed by atoms with van der Waals surface area (Å²) in [6, 6.07) is 0. The van der Waals surface area contributed by atoms with Gasteiger partial charge < -0.3 is 5.32 Å². The van der Waals surface area contributed by atoms with Crippen LogP contribution in [0.2, 0.25) is 0 Å². The molecule has 1 unspecified atom stereocenters. The lowest BCUT2D eigenvalue weighted by Gasteiger charge is -2.36. The number of hydrogen-bond donors (Lipinski definition) is 1. The van der Waals surface area contributed by atoms with Gasteiger partial charge in [0.1, 0.15) is 0 Å². The van der Waals surface area contributed by atoms with Gasteiger partial charge in [-0.1, -0.05) is 41.0 Å². The van der Waals surface area contributed by atoms with Crippen LogP contribution < -0.4 is 5.32 Å². The first-order valence-corrected chi connectivity index (χ1v) is 7.61. The second kappa shape index (κ2) is 8.88. The summed E-state index contributed by atoms with van der Waals surface area (Å²) in [7, 11) is 0. The van der Waals surface area contributed by atoms with Gasteiger partial charge in [-0.3, -0.25) is 4.90 Å². The summed E-state index contributed by atoms with van der Waals surface area (Å²) < 4.78 is 37.7. The Morgan fingerprint density at radius 1 is 1.10 bits per heavy atom. The standard InChI is InChI=1S/C15H31F3N2/c1-6-8-14(5,10-19-9-13(3)4)11-20(7-2)12-15(16,17)18/h13,19H,6-12H2,1-5H3. The highest BCUT2D eigenvalue weighted by molar-refractivity contribution is 4.81. The average molecular weight is 296 g/mol. The minimum Gasteiger partial charge on any atom is -0.316 e. The Morgan fingerprint density at radius 3 is 2.10 bits per heavy atom. The zero-order valence-electron chi connectivity index (χ0n) is 13.6. The minimum atomic E-state index is -4.12. The SMILES string of the molecule is CCCC(C)(CNCC(C)C)CN(CC)CC(F)(F)F. The molecule has 0 aliphatic carbocycles. The number of alkyl halides is 3. The lowest BCUT2D eigenvalue weighted by atomic mass is 9.84. The van der Waals surface area contributed by atoms with Crippen molar-refractivity contribution >= 4 is 0 Å². The molecule has 20 heavy (non-hydrogen) atoms. The zero-order chi connectivity index (χ0) is 15.8. The predicted molar refractivity (Wildman–Crippen MR) is 78.9 cm³/mol. The lowest BCUT2D eigenvalue weighted by Crippen LogP contribution is -2.45. The van der Waals surface area contributed by atoms with E-state index in [1.807, 2.05) is 0 Å². The van der Waals surface area contributed by atoms with E-state index in [9.17, 15) is 13.2 Å². The van der Waals surface area contributed by atoms with Crippen LogP contribution in [0, 0.1) is 11.3 Å². The molecule has 0 aromatic heterocycles. The molecule has 0 saturated heterocycles. The second-order valence-corrected chi connectivity index (χ2v) is 6.50. The molecule has 1 atom stereocenters. The molecule has 0 aromatic rings. The number of nitrogens with one attached hydrogen (secondary N) is 1. The highest BCUT2D eigenvalue weighted by Crippen LogP contribution is 2.26. The molecular weight excluding hydrogens is 265 g/mol. The number of nitrogens with zero attached hydrogens (tertiary/aromatic N) is 1.